The van der Waals surface area contributed by atoms with Gasteiger partial charge >= 0.3 is 28.5 Å². The molecule has 4 N–H and O–H groups in total. The maximum atomic E-state index is 13.8. The van der Waals surface area contributed by atoms with E-state index in [0.717, 1.165) is 16.1 Å². The lowest BCUT2D eigenvalue weighted by Gasteiger charge is -2.43. The number of nitrogens with zero attached hydrogens (tertiary/aromatic N) is 6. The molecule has 294 valence electrons. The van der Waals surface area contributed by atoms with E-state index in [-0.39, 0.29) is 27.4 Å². The Morgan fingerprint density at radius 3 is 2.09 bits per heavy atom. The van der Waals surface area contributed by atoms with Crippen LogP contribution in [0.1, 0.15) is 87.5 Å². The number of rotatable bonds is 12. The second kappa shape index (κ2) is 15.6. The molecule has 0 radical (unpaired) electrons. The number of carbonyl (C=O) groups excluding carboxylic acids is 5. The molecule has 21 nitrogen and oxygen atoms in total. The number of β-lactam (4-membered cyclic amide) rings is 1. The third-order valence-corrected chi connectivity index (χ3v) is 7.98. The van der Waals surface area contributed by atoms with Crippen LogP contribution in [0, 0.1) is 0 Å². The minimum absolute atomic E-state index is 0.0157. The molecule has 4 amide bonds. The summed E-state index contributed by atoms with van der Waals surface area (Å²) in [7, 11) is -5.11. The highest BCUT2D eigenvalue weighted by Gasteiger charge is 2.54. The SMILES string of the molecule is CC(C)(C)OC(=O)NCc1cnn(C[C@@H]2[C@H](NC(=O)C(=NOC(C)(C)C(=O)OC(C)(C)C)c3csc(NC(=O)OC(C)(C)C)n3)C(=O)N2S(=O)(=O)O)n1. The van der Waals surface area contributed by atoms with Gasteiger partial charge in [-0.15, -0.1) is 11.3 Å². The number of nitrogens with one attached hydrogen (secondary N) is 3. The molecular formula is C30H45N9O12S2. The van der Waals surface area contributed by atoms with Crippen molar-refractivity contribution < 1.29 is 56.0 Å². The molecule has 1 aliphatic heterocycles. The van der Waals surface area contributed by atoms with E-state index in [9.17, 15) is 36.9 Å². The summed E-state index contributed by atoms with van der Waals surface area (Å²) in [5.74, 6) is -3.15. The first-order valence-electron chi connectivity index (χ1n) is 16.0. The molecule has 3 rings (SSSR count). The molecule has 53 heavy (non-hydrogen) atoms. The van der Waals surface area contributed by atoms with Crippen LogP contribution in [0.4, 0.5) is 14.7 Å². The van der Waals surface area contributed by atoms with E-state index >= 15 is 0 Å². The van der Waals surface area contributed by atoms with Crippen molar-refractivity contribution in [3.8, 4) is 0 Å². The number of aromatic nitrogens is 4. The molecule has 1 fully saturated rings. The number of anilines is 1. The second-order valence-electron chi connectivity index (χ2n) is 15.1. The first-order chi connectivity index (χ1) is 24.0. The van der Waals surface area contributed by atoms with E-state index in [1.165, 1.54) is 25.4 Å². The quantitative estimate of drug-likeness (QED) is 0.0599. The van der Waals surface area contributed by atoms with Crippen LogP contribution in [0.5, 0.6) is 0 Å². The van der Waals surface area contributed by atoms with Gasteiger partial charge in [-0.1, -0.05) is 5.16 Å². The van der Waals surface area contributed by atoms with E-state index in [1.54, 1.807) is 62.3 Å². The smallest absolute Gasteiger partial charge is 0.413 e. The van der Waals surface area contributed by atoms with Crippen LogP contribution in [0.15, 0.2) is 16.7 Å². The highest BCUT2D eigenvalue weighted by atomic mass is 32.2. The molecule has 3 heterocycles. The Bertz CT molecular complexity index is 1850. The van der Waals surface area contributed by atoms with Gasteiger partial charge in [0.2, 0.25) is 5.60 Å². The van der Waals surface area contributed by atoms with Gasteiger partial charge in [-0.25, -0.2) is 23.7 Å². The topological polar surface area (TPSA) is 272 Å². The zero-order valence-electron chi connectivity index (χ0n) is 31.2. The standard InChI is InChI=1S/C30H45N9O12S2/c1-27(2,3)48-23(42)30(10,11)51-37-19(17-15-52-24(33-17)35-26(44)50-29(7,8)9)21(40)34-20-18(39(22(20)41)53(45,46)47)14-38-32-13-16(36-38)12-31-25(43)49-28(4,5)6/h13,15,18,20H,12,14H2,1-11H3,(H,31,43)(H,34,40)(H,33,35,44)(H,45,46,47)/t18-,20+/m1/s1. The average molecular weight is 788 g/mol. The van der Waals surface area contributed by atoms with E-state index in [2.05, 4.69) is 36.3 Å². The van der Waals surface area contributed by atoms with Gasteiger partial charge in [0.25, 0.3) is 11.8 Å². The molecule has 2 aromatic rings. The third-order valence-electron chi connectivity index (χ3n) is 6.28. The van der Waals surface area contributed by atoms with Crippen LogP contribution in [-0.2, 0) is 56.8 Å². The number of hydrogen-bond acceptors (Lipinski definition) is 16. The zero-order chi connectivity index (χ0) is 40.3. The highest BCUT2D eigenvalue weighted by Crippen LogP contribution is 2.26. The Morgan fingerprint density at radius 1 is 0.943 bits per heavy atom. The van der Waals surface area contributed by atoms with E-state index in [1.807, 2.05) is 0 Å². The second-order valence-corrected chi connectivity index (χ2v) is 17.2. The summed E-state index contributed by atoms with van der Waals surface area (Å²) in [6.45, 7) is 17.0. The highest BCUT2D eigenvalue weighted by molar-refractivity contribution is 7.84. The van der Waals surface area contributed by atoms with Crippen molar-refractivity contribution in [1.29, 1.82) is 0 Å². The monoisotopic (exact) mass is 787 g/mol. The lowest BCUT2D eigenvalue weighted by atomic mass is 9.98. The van der Waals surface area contributed by atoms with Crippen molar-refractivity contribution in [3.63, 3.8) is 0 Å². The predicted octanol–water partition coefficient (Wildman–Crippen LogP) is 2.15. The lowest BCUT2D eigenvalue weighted by molar-refractivity contribution is -0.179. The Balaban J connectivity index is 1.89. The molecule has 1 saturated heterocycles. The maximum Gasteiger partial charge on any atom is 0.413 e. The molecule has 0 bridgehead atoms. The van der Waals surface area contributed by atoms with Gasteiger partial charge in [0.15, 0.2) is 10.8 Å². The fraction of sp³-hybridized carbons (Fsp3) is 0.633. The van der Waals surface area contributed by atoms with E-state index < -0.39 is 87.0 Å². The van der Waals surface area contributed by atoms with Gasteiger partial charge in [0.1, 0.15) is 40.3 Å². The van der Waals surface area contributed by atoms with E-state index in [0.29, 0.717) is 0 Å². The molecule has 0 unspecified atom stereocenters. The van der Waals surface area contributed by atoms with Gasteiger partial charge in [-0.2, -0.15) is 23.4 Å². The van der Waals surface area contributed by atoms with Gasteiger partial charge in [-0.05, 0) is 76.2 Å². The summed E-state index contributed by atoms with van der Waals surface area (Å²) in [5.41, 5.74) is -4.74. The number of hydrogen-bond donors (Lipinski definition) is 4. The molecule has 0 saturated carbocycles. The van der Waals surface area contributed by atoms with Gasteiger partial charge in [-0.3, -0.25) is 19.5 Å². The number of oxime groups is 1. The predicted molar refractivity (Wildman–Crippen MR) is 187 cm³/mol. The first-order valence-corrected chi connectivity index (χ1v) is 18.3. The fourth-order valence-electron chi connectivity index (χ4n) is 4.13. The molecule has 23 heteroatoms. The summed E-state index contributed by atoms with van der Waals surface area (Å²) >= 11 is 0.880. The number of esters is 1. The zero-order valence-corrected chi connectivity index (χ0v) is 32.8. The Kier molecular flexibility index (Phi) is 12.5. The van der Waals surface area contributed by atoms with Crippen molar-refractivity contribution in [2.45, 2.75) is 124 Å². The normalized spacial score (nSPS) is 17.0. The maximum absolute atomic E-state index is 13.8. The molecule has 1 aliphatic rings. The summed E-state index contributed by atoms with van der Waals surface area (Å²) in [4.78, 5) is 74.6. The van der Waals surface area contributed by atoms with Crippen LogP contribution in [0.2, 0.25) is 0 Å². The molecule has 2 atom stereocenters. The van der Waals surface area contributed by atoms with Crippen molar-refractivity contribution in [3.05, 3.63) is 23.0 Å². The summed E-state index contributed by atoms with van der Waals surface area (Å²) in [5, 5.41) is 20.6. The molecular weight excluding hydrogens is 743 g/mol. The number of ether oxygens (including phenoxy) is 3. The van der Waals surface area contributed by atoms with Crippen LogP contribution in [-0.4, -0.2) is 107 Å². The fourth-order valence-corrected chi connectivity index (χ4v) is 5.68. The Morgan fingerprint density at radius 2 is 1.53 bits per heavy atom. The van der Waals surface area contributed by atoms with Crippen LogP contribution in [0.3, 0.4) is 0 Å². The van der Waals surface area contributed by atoms with Gasteiger partial charge in [0, 0.05) is 5.38 Å². The molecule has 0 aliphatic carbocycles. The van der Waals surface area contributed by atoms with Gasteiger partial charge < -0.3 is 29.7 Å². The van der Waals surface area contributed by atoms with Crippen molar-refractivity contribution in [1.82, 2.24) is 34.9 Å². The third kappa shape index (κ3) is 12.6. The number of carbonyl (C=O) groups is 5. The molecule has 2 aromatic heterocycles. The largest absolute Gasteiger partial charge is 0.457 e. The van der Waals surface area contributed by atoms with Crippen molar-refractivity contribution in [2.75, 3.05) is 5.32 Å². The Hall–Kier alpha value is -4.90. The molecule has 0 aromatic carbocycles. The number of thiazole rings is 1. The minimum Gasteiger partial charge on any atom is -0.457 e. The van der Waals surface area contributed by atoms with E-state index in [4.69, 9.17) is 19.0 Å². The Labute approximate surface area is 310 Å². The number of alkyl carbamates (subject to hydrolysis) is 1. The summed E-state index contributed by atoms with van der Waals surface area (Å²) < 4.78 is 50.0. The first kappa shape index (κ1) is 42.5. The number of amides is 4. The van der Waals surface area contributed by atoms with Crippen LogP contribution < -0.4 is 16.0 Å². The molecule has 0 spiro atoms. The summed E-state index contributed by atoms with van der Waals surface area (Å²) in [6.07, 6.45) is -0.295. The van der Waals surface area contributed by atoms with Crippen LogP contribution in [0.25, 0.3) is 0 Å². The minimum atomic E-state index is -5.11. The van der Waals surface area contributed by atoms with Crippen LogP contribution >= 0.6 is 11.3 Å². The van der Waals surface area contributed by atoms with Gasteiger partial charge in [0.05, 0.1) is 19.3 Å². The average Bonchev–Trinajstić information content (AvgIpc) is 3.60. The van der Waals surface area contributed by atoms with Crippen molar-refractivity contribution in [2.24, 2.45) is 5.16 Å². The summed E-state index contributed by atoms with van der Waals surface area (Å²) in [6, 6.07) is -3.03. The lowest BCUT2D eigenvalue weighted by Crippen LogP contribution is -2.73. The van der Waals surface area contributed by atoms with Crippen molar-refractivity contribution >= 4 is 62.5 Å².